The van der Waals surface area contributed by atoms with Crippen LogP contribution in [0.15, 0.2) is 68.9 Å². The highest BCUT2D eigenvalue weighted by Crippen LogP contribution is 2.43. The zero-order valence-corrected chi connectivity index (χ0v) is 13.7. The number of phenols is 1. The summed E-state index contributed by atoms with van der Waals surface area (Å²) in [4.78, 5) is 2.12. The van der Waals surface area contributed by atoms with Crippen LogP contribution in [0.5, 0.6) is 11.5 Å². The summed E-state index contributed by atoms with van der Waals surface area (Å²) >= 11 is 5.13. The Morgan fingerprint density at radius 1 is 1.00 bits per heavy atom. The minimum Gasteiger partial charge on any atom is -0.504 e. The molecule has 0 spiro atoms. The number of ether oxygens (including phenoxy) is 1. The molecule has 2 nitrogen and oxygen atoms in total. The average Bonchev–Trinajstić information content (AvgIpc) is 2.49. The second-order valence-corrected chi connectivity index (χ2v) is 6.56. The van der Waals surface area contributed by atoms with E-state index in [9.17, 15) is 5.11 Å². The Morgan fingerprint density at radius 2 is 1.76 bits per heavy atom. The van der Waals surface area contributed by atoms with Crippen molar-refractivity contribution in [2.75, 3.05) is 7.11 Å². The lowest BCUT2D eigenvalue weighted by Crippen LogP contribution is -1.88. The summed E-state index contributed by atoms with van der Waals surface area (Å²) in [6, 6.07) is 17.8. The summed E-state index contributed by atoms with van der Waals surface area (Å²) in [7, 11) is 1.57. The fraction of sp³-hybridized carbons (Fsp3) is 0.0588. The Bertz CT molecular complexity index is 788. The zero-order valence-electron chi connectivity index (χ0n) is 11.3. The molecular formula is C17H13BrO2S. The summed E-state index contributed by atoms with van der Waals surface area (Å²) in [5, 5.41) is 12.1. The Labute approximate surface area is 135 Å². The van der Waals surface area contributed by atoms with Gasteiger partial charge >= 0.3 is 0 Å². The molecule has 0 saturated heterocycles. The maximum absolute atomic E-state index is 10.2. The fourth-order valence-electron chi connectivity index (χ4n) is 2.24. The van der Waals surface area contributed by atoms with Crippen LogP contribution in [0.1, 0.15) is 0 Å². The number of methoxy groups -OCH3 is 1. The van der Waals surface area contributed by atoms with Crippen LogP contribution >= 0.6 is 27.7 Å². The van der Waals surface area contributed by atoms with E-state index in [0.29, 0.717) is 5.75 Å². The number of aromatic hydroxyl groups is 1. The summed E-state index contributed by atoms with van der Waals surface area (Å²) < 4.78 is 6.33. The van der Waals surface area contributed by atoms with E-state index in [-0.39, 0.29) is 5.75 Å². The van der Waals surface area contributed by atoms with Gasteiger partial charge in [-0.25, -0.2) is 0 Å². The lowest BCUT2D eigenvalue weighted by molar-refractivity contribution is 0.377. The van der Waals surface area contributed by atoms with Crippen LogP contribution in [0.25, 0.3) is 10.8 Å². The normalized spacial score (nSPS) is 10.8. The second kappa shape index (κ2) is 6.00. The van der Waals surface area contributed by atoms with Crippen LogP contribution < -0.4 is 4.74 Å². The van der Waals surface area contributed by atoms with Gasteiger partial charge in [-0.3, -0.25) is 0 Å². The maximum atomic E-state index is 10.2. The quantitative estimate of drug-likeness (QED) is 0.671. The summed E-state index contributed by atoms with van der Waals surface area (Å²) in [5.74, 6) is 0.667. The first kappa shape index (κ1) is 14.3. The van der Waals surface area contributed by atoms with E-state index in [4.69, 9.17) is 4.74 Å². The number of halogens is 1. The largest absolute Gasteiger partial charge is 0.504 e. The first-order valence-corrected chi connectivity index (χ1v) is 8.02. The van der Waals surface area contributed by atoms with Gasteiger partial charge in [0.1, 0.15) is 0 Å². The predicted octanol–water partition coefficient (Wildman–Crippen LogP) is 5.47. The first-order valence-electron chi connectivity index (χ1n) is 6.41. The molecule has 0 radical (unpaired) electrons. The summed E-state index contributed by atoms with van der Waals surface area (Å²) in [5.41, 5.74) is 0. The van der Waals surface area contributed by atoms with Gasteiger partial charge in [-0.15, -0.1) is 0 Å². The van der Waals surface area contributed by atoms with E-state index < -0.39 is 0 Å². The molecule has 0 aliphatic carbocycles. The van der Waals surface area contributed by atoms with E-state index >= 15 is 0 Å². The van der Waals surface area contributed by atoms with Crippen molar-refractivity contribution in [1.29, 1.82) is 0 Å². The van der Waals surface area contributed by atoms with Gasteiger partial charge in [-0.05, 0) is 36.4 Å². The Morgan fingerprint density at radius 3 is 2.48 bits per heavy atom. The molecule has 4 heteroatoms. The minimum atomic E-state index is 0.158. The fourth-order valence-corrected chi connectivity index (χ4v) is 3.60. The standard InChI is InChI=1S/C17H13BrO2S/c1-20-17-13-8-7-11(18)9-14(13)16(10-15(17)19)21-12-5-3-2-4-6-12/h2-10,19H,1H3. The van der Waals surface area contributed by atoms with Crippen molar-refractivity contribution < 1.29 is 9.84 Å². The lowest BCUT2D eigenvalue weighted by Gasteiger charge is -2.12. The molecule has 0 saturated carbocycles. The second-order valence-electron chi connectivity index (χ2n) is 4.53. The summed E-state index contributed by atoms with van der Waals surface area (Å²) in [6.07, 6.45) is 0. The molecule has 0 fully saturated rings. The monoisotopic (exact) mass is 360 g/mol. The number of benzene rings is 3. The van der Waals surface area contributed by atoms with Crippen molar-refractivity contribution >= 4 is 38.5 Å². The highest BCUT2D eigenvalue weighted by atomic mass is 79.9. The van der Waals surface area contributed by atoms with Crippen LogP contribution in [0, 0.1) is 0 Å². The Balaban J connectivity index is 2.20. The maximum Gasteiger partial charge on any atom is 0.168 e. The van der Waals surface area contributed by atoms with Crippen LogP contribution in [0.2, 0.25) is 0 Å². The third-order valence-corrected chi connectivity index (χ3v) is 4.73. The molecule has 0 amide bonds. The van der Waals surface area contributed by atoms with Gasteiger partial charge in [0.05, 0.1) is 7.11 Å². The van der Waals surface area contributed by atoms with E-state index in [0.717, 1.165) is 25.0 Å². The average molecular weight is 361 g/mol. The lowest BCUT2D eigenvalue weighted by atomic mass is 10.1. The zero-order chi connectivity index (χ0) is 14.8. The van der Waals surface area contributed by atoms with Crippen molar-refractivity contribution in [3.63, 3.8) is 0 Å². The van der Waals surface area contributed by atoms with E-state index in [2.05, 4.69) is 28.1 Å². The van der Waals surface area contributed by atoms with Gasteiger partial charge in [0, 0.05) is 25.0 Å². The van der Waals surface area contributed by atoms with E-state index in [1.54, 1.807) is 24.9 Å². The Kier molecular flexibility index (Phi) is 4.08. The van der Waals surface area contributed by atoms with Crippen LogP contribution in [-0.2, 0) is 0 Å². The number of hydrogen-bond donors (Lipinski definition) is 1. The molecule has 0 atom stereocenters. The molecule has 0 bridgehead atoms. The molecule has 0 aliphatic heterocycles. The molecule has 3 aromatic carbocycles. The SMILES string of the molecule is COc1c(O)cc(Sc2ccccc2)c2cc(Br)ccc12. The molecule has 3 rings (SSSR count). The van der Waals surface area contributed by atoms with Gasteiger partial charge in [0.25, 0.3) is 0 Å². The molecule has 3 aromatic rings. The van der Waals surface area contributed by atoms with Crippen molar-refractivity contribution in [1.82, 2.24) is 0 Å². The van der Waals surface area contributed by atoms with E-state index in [1.165, 1.54) is 0 Å². The van der Waals surface area contributed by atoms with Gasteiger partial charge < -0.3 is 9.84 Å². The topological polar surface area (TPSA) is 29.5 Å². The highest BCUT2D eigenvalue weighted by molar-refractivity contribution is 9.10. The third-order valence-electron chi connectivity index (χ3n) is 3.17. The van der Waals surface area contributed by atoms with Crippen molar-refractivity contribution in [3.05, 3.63) is 59.1 Å². The molecular weight excluding hydrogens is 348 g/mol. The smallest absolute Gasteiger partial charge is 0.168 e. The van der Waals surface area contributed by atoms with Crippen molar-refractivity contribution in [3.8, 4) is 11.5 Å². The van der Waals surface area contributed by atoms with Crippen molar-refractivity contribution in [2.24, 2.45) is 0 Å². The number of rotatable bonds is 3. The number of hydrogen-bond acceptors (Lipinski definition) is 3. The van der Waals surface area contributed by atoms with Gasteiger partial charge in [0.2, 0.25) is 0 Å². The van der Waals surface area contributed by atoms with E-state index in [1.807, 2.05) is 36.4 Å². The summed E-state index contributed by atoms with van der Waals surface area (Å²) in [6.45, 7) is 0. The first-order chi connectivity index (χ1) is 10.2. The predicted molar refractivity (Wildman–Crippen MR) is 90.4 cm³/mol. The van der Waals surface area contributed by atoms with Crippen LogP contribution in [0.3, 0.4) is 0 Å². The number of phenolic OH excluding ortho intramolecular Hbond substituents is 1. The highest BCUT2D eigenvalue weighted by Gasteiger charge is 2.13. The molecule has 0 heterocycles. The van der Waals surface area contributed by atoms with Crippen LogP contribution in [-0.4, -0.2) is 12.2 Å². The molecule has 1 N–H and O–H groups in total. The van der Waals surface area contributed by atoms with Crippen molar-refractivity contribution in [2.45, 2.75) is 9.79 Å². The molecule has 0 aromatic heterocycles. The minimum absolute atomic E-state index is 0.158. The Hall–Kier alpha value is -1.65. The molecule has 0 aliphatic rings. The van der Waals surface area contributed by atoms with Crippen LogP contribution in [0.4, 0.5) is 0 Å². The molecule has 106 valence electrons. The molecule has 0 unspecified atom stereocenters. The van der Waals surface area contributed by atoms with Gasteiger partial charge in [0.15, 0.2) is 11.5 Å². The van der Waals surface area contributed by atoms with Gasteiger partial charge in [-0.2, -0.15) is 0 Å². The third kappa shape index (κ3) is 2.87. The number of fused-ring (bicyclic) bond motifs is 1. The molecule has 21 heavy (non-hydrogen) atoms. The van der Waals surface area contributed by atoms with Gasteiger partial charge in [-0.1, -0.05) is 45.9 Å².